The Balaban J connectivity index is 1.86. The maximum atomic E-state index is 13.5. The highest BCUT2D eigenvalue weighted by Crippen LogP contribution is 2.19. The molecular formula is C18H19FN2O3. The Hall–Kier alpha value is -2.89. The Morgan fingerprint density at radius 3 is 2.71 bits per heavy atom. The summed E-state index contributed by atoms with van der Waals surface area (Å²) in [5.74, 6) is -0.0864. The maximum Gasteiger partial charge on any atom is 0.277 e. The van der Waals surface area contributed by atoms with Gasteiger partial charge in [-0.15, -0.1) is 0 Å². The zero-order valence-corrected chi connectivity index (χ0v) is 13.8. The van der Waals surface area contributed by atoms with Crippen LogP contribution in [0.1, 0.15) is 16.7 Å². The number of carbonyl (C=O) groups is 1. The molecule has 24 heavy (non-hydrogen) atoms. The molecule has 0 saturated heterocycles. The number of ether oxygens (including phenoxy) is 2. The van der Waals surface area contributed by atoms with Crippen LogP contribution in [0.3, 0.4) is 0 Å². The Kier molecular flexibility index (Phi) is 5.89. The topological polar surface area (TPSA) is 59.9 Å². The van der Waals surface area contributed by atoms with Crippen molar-refractivity contribution in [2.24, 2.45) is 5.10 Å². The molecule has 1 amide bonds. The van der Waals surface area contributed by atoms with Gasteiger partial charge in [0, 0.05) is 0 Å². The number of amides is 1. The highest BCUT2D eigenvalue weighted by molar-refractivity contribution is 5.83. The second-order valence-electron chi connectivity index (χ2n) is 5.24. The molecule has 126 valence electrons. The lowest BCUT2D eigenvalue weighted by molar-refractivity contribution is -0.123. The summed E-state index contributed by atoms with van der Waals surface area (Å²) in [5.41, 5.74) is 4.84. The predicted octanol–water partition coefficient (Wildman–Crippen LogP) is 2.98. The lowest BCUT2D eigenvalue weighted by Gasteiger charge is -2.08. The average Bonchev–Trinajstić information content (AvgIpc) is 2.56. The van der Waals surface area contributed by atoms with Crippen molar-refractivity contribution in [3.63, 3.8) is 0 Å². The molecular weight excluding hydrogens is 311 g/mol. The molecule has 0 atom stereocenters. The third-order valence-corrected chi connectivity index (χ3v) is 3.28. The van der Waals surface area contributed by atoms with Crippen molar-refractivity contribution in [1.29, 1.82) is 0 Å². The summed E-state index contributed by atoms with van der Waals surface area (Å²) >= 11 is 0. The summed E-state index contributed by atoms with van der Waals surface area (Å²) < 4.78 is 23.8. The van der Waals surface area contributed by atoms with Crippen molar-refractivity contribution in [2.45, 2.75) is 13.8 Å². The van der Waals surface area contributed by atoms with E-state index in [-0.39, 0.29) is 12.4 Å². The second-order valence-corrected chi connectivity index (χ2v) is 5.24. The average molecular weight is 330 g/mol. The van der Waals surface area contributed by atoms with E-state index in [0.29, 0.717) is 11.3 Å². The van der Waals surface area contributed by atoms with Crippen LogP contribution in [-0.4, -0.2) is 25.8 Å². The number of rotatable bonds is 6. The molecule has 0 spiro atoms. The molecule has 0 aliphatic heterocycles. The zero-order valence-electron chi connectivity index (χ0n) is 13.8. The van der Waals surface area contributed by atoms with Gasteiger partial charge in [-0.1, -0.05) is 12.1 Å². The fraction of sp³-hybridized carbons (Fsp3) is 0.222. The van der Waals surface area contributed by atoms with Crippen LogP contribution in [0.15, 0.2) is 41.5 Å². The van der Waals surface area contributed by atoms with Crippen molar-refractivity contribution in [3.8, 4) is 11.5 Å². The minimum atomic E-state index is -0.494. The number of nitrogens with one attached hydrogen (secondary N) is 1. The van der Waals surface area contributed by atoms with Crippen molar-refractivity contribution in [3.05, 3.63) is 58.9 Å². The van der Waals surface area contributed by atoms with Gasteiger partial charge in [0.05, 0.1) is 13.3 Å². The van der Waals surface area contributed by atoms with Crippen LogP contribution < -0.4 is 14.9 Å². The molecule has 6 heteroatoms. The monoisotopic (exact) mass is 330 g/mol. The maximum absolute atomic E-state index is 13.5. The molecule has 0 fully saturated rings. The lowest BCUT2D eigenvalue weighted by atomic mass is 10.1. The van der Waals surface area contributed by atoms with Crippen molar-refractivity contribution in [2.75, 3.05) is 13.7 Å². The number of halogens is 1. The van der Waals surface area contributed by atoms with Crippen molar-refractivity contribution < 1.29 is 18.7 Å². The van der Waals surface area contributed by atoms with Gasteiger partial charge in [0.15, 0.2) is 18.2 Å². The standard InChI is InChI=1S/C18H19FN2O3/c1-12-4-5-13(2)17(8-12)24-11-18(22)21-20-10-14-6-7-16(23-3)15(19)9-14/h4-10H,11H2,1-3H3,(H,21,22)/b20-10-. The van der Waals surface area contributed by atoms with Gasteiger partial charge in [0.25, 0.3) is 5.91 Å². The van der Waals surface area contributed by atoms with E-state index in [2.05, 4.69) is 10.5 Å². The number of methoxy groups -OCH3 is 1. The molecule has 0 radical (unpaired) electrons. The van der Waals surface area contributed by atoms with E-state index in [1.807, 2.05) is 32.0 Å². The molecule has 0 bridgehead atoms. The smallest absolute Gasteiger partial charge is 0.277 e. The van der Waals surface area contributed by atoms with E-state index in [9.17, 15) is 9.18 Å². The summed E-state index contributed by atoms with van der Waals surface area (Å²) in [5, 5.41) is 3.78. The Morgan fingerprint density at radius 2 is 2.00 bits per heavy atom. The van der Waals surface area contributed by atoms with Gasteiger partial charge >= 0.3 is 0 Å². The first-order valence-electron chi connectivity index (χ1n) is 7.35. The van der Waals surface area contributed by atoms with Gasteiger partial charge in [-0.05, 0) is 54.8 Å². The van der Waals surface area contributed by atoms with E-state index in [4.69, 9.17) is 9.47 Å². The first-order chi connectivity index (χ1) is 11.5. The molecule has 2 aromatic rings. The van der Waals surface area contributed by atoms with E-state index in [0.717, 1.165) is 11.1 Å². The lowest BCUT2D eigenvalue weighted by Crippen LogP contribution is -2.24. The van der Waals surface area contributed by atoms with Crippen LogP contribution in [0.5, 0.6) is 11.5 Å². The van der Waals surface area contributed by atoms with E-state index in [1.54, 1.807) is 6.07 Å². The minimum Gasteiger partial charge on any atom is -0.494 e. The molecule has 0 saturated carbocycles. The number of hydrazone groups is 1. The van der Waals surface area contributed by atoms with Crippen molar-refractivity contribution >= 4 is 12.1 Å². The fourth-order valence-electron chi connectivity index (χ4n) is 1.98. The Bertz CT molecular complexity index is 760. The second kappa shape index (κ2) is 8.10. The first-order valence-corrected chi connectivity index (χ1v) is 7.35. The highest BCUT2D eigenvalue weighted by Gasteiger charge is 2.05. The summed E-state index contributed by atoms with van der Waals surface area (Å²) in [6.45, 7) is 3.70. The Labute approximate surface area is 140 Å². The summed E-state index contributed by atoms with van der Waals surface area (Å²) in [4.78, 5) is 11.7. The summed E-state index contributed by atoms with van der Waals surface area (Å²) in [6.07, 6.45) is 1.35. The molecule has 0 aromatic heterocycles. The molecule has 0 aliphatic carbocycles. The predicted molar refractivity (Wildman–Crippen MR) is 90.1 cm³/mol. The minimum absolute atomic E-state index is 0.151. The molecule has 0 aliphatic rings. The summed E-state index contributed by atoms with van der Waals surface area (Å²) in [7, 11) is 1.39. The molecule has 5 nitrogen and oxygen atoms in total. The molecule has 2 aromatic carbocycles. The van der Waals surface area contributed by atoms with Crippen LogP contribution in [-0.2, 0) is 4.79 Å². The van der Waals surface area contributed by atoms with E-state index < -0.39 is 11.7 Å². The number of hydrogen-bond donors (Lipinski definition) is 1. The normalized spacial score (nSPS) is 10.7. The van der Waals surface area contributed by atoms with Gasteiger partial charge in [-0.2, -0.15) is 5.10 Å². The van der Waals surface area contributed by atoms with E-state index in [1.165, 1.54) is 25.5 Å². The van der Waals surface area contributed by atoms with Crippen LogP contribution in [0, 0.1) is 19.7 Å². The van der Waals surface area contributed by atoms with Crippen LogP contribution in [0.4, 0.5) is 4.39 Å². The summed E-state index contributed by atoms with van der Waals surface area (Å²) in [6, 6.07) is 10.2. The number of hydrogen-bond acceptors (Lipinski definition) is 4. The van der Waals surface area contributed by atoms with Gasteiger partial charge in [-0.25, -0.2) is 9.82 Å². The van der Waals surface area contributed by atoms with Gasteiger partial charge in [0.2, 0.25) is 0 Å². The number of benzene rings is 2. The number of nitrogens with zero attached hydrogens (tertiary/aromatic N) is 1. The fourth-order valence-corrected chi connectivity index (χ4v) is 1.98. The highest BCUT2D eigenvalue weighted by atomic mass is 19.1. The molecule has 2 rings (SSSR count). The van der Waals surface area contributed by atoms with Crippen LogP contribution in [0.2, 0.25) is 0 Å². The third kappa shape index (κ3) is 4.81. The molecule has 0 unspecified atom stereocenters. The third-order valence-electron chi connectivity index (χ3n) is 3.28. The Morgan fingerprint density at radius 1 is 1.21 bits per heavy atom. The zero-order chi connectivity index (χ0) is 17.5. The molecule has 1 N–H and O–H groups in total. The number of aryl methyl sites for hydroxylation is 2. The van der Waals surface area contributed by atoms with Gasteiger partial charge < -0.3 is 9.47 Å². The largest absolute Gasteiger partial charge is 0.494 e. The first kappa shape index (κ1) is 17.5. The molecule has 0 heterocycles. The van der Waals surface area contributed by atoms with E-state index >= 15 is 0 Å². The SMILES string of the molecule is COc1ccc(/C=N\NC(=O)COc2cc(C)ccc2C)cc1F. The number of carbonyl (C=O) groups excluding carboxylic acids is 1. The van der Waals surface area contributed by atoms with Gasteiger partial charge in [-0.3, -0.25) is 4.79 Å². The van der Waals surface area contributed by atoms with Crippen molar-refractivity contribution in [1.82, 2.24) is 5.43 Å². The van der Waals surface area contributed by atoms with Gasteiger partial charge in [0.1, 0.15) is 5.75 Å². The van der Waals surface area contributed by atoms with Crippen LogP contribution in [0.25, 0.3) is 0 Å². The quantitative estimate of drug-likeness (QED) is 0.654. The van der Waals surface area contributed by atoms with Crippen LogP contribution >= 0.6 is 0 Å².